The number of hydrogen-bond donors (Lipinski definition) is 0. The summed E-state index contributed by atoms with van der Waals surface area (Å²) in [7, 11) is 0. The molecule has 0 bridgehead atoms. The third kappa shape index (κ3) is 7.23. The van der Waals surface area contributed by atoms with Crippen LogP contribution >= 0.6 is 0 Å². The molecule has 2 unspecified atom stereocenters. The molecule has 6 nitrogen and oxygen atoms in total. The van der Waals surface area contributed by atoms with Crippen molar-refractivity contribution in [2.24, 2.45) is 9.98 Å². The van der Waals surface area contributed by atoms with E-state index in [9.17, 15) is 0 Å². The van der Waals surface area contributed by atoms with Crippen LogP contribution in [-0.4, -0.2) is 38.2 Å². The lowest BCUT2D eigenvalue weighted by Crippen LogP contribution is -2.45. The highest BCUT2D eigenvalue weighted by atomic mass is 16.8. The lowest BCUT2D eigenvalue weighted by molar-refractivity contribution is -0.271. The van der Waals surface area contributed by atoms with Gasteiger partial charge in [0.1, 0.15) is 11.5 Å². The van der Waals surface area contributed by atoms with E-state index in [1.54, 1.807) is 0 Å². The first-order valence-corrected chi connectivity index (χ1v) is 13.4. The summed E-state index contributed by atoms with van der Waals surface area (Å²) in [6.45, 7) is 9.23. The van der Waals surface area contributed by atoms with E-state index < -0.39 is 12.6 Å². The predicted molar refractivity (Wildman–Crippen MR) is 160 cm³/mol. The highest BCUT2D eigenvalue weighted by Crippen LogP contribution is 2.23. The molecule has 6 heteroatoms. The fraction of sp³-hybridized carbons (Fsp3) is 0.235. The quantitative estimate of drug-likeness (QED) is 0.219. The molecule has 5 rings (SSSR count). The molecule has 0 spiro atoms. The van der Waals surface area contributed by atoms with Gasteiger partial charge in [-0.2, -0.15) is 0 Å². The summed E-state index contributed by atoms with van der Waals surface area (Å²) >= 11 is 0. The summed E-state index contributed by atoms with van der Waals surface area (Å²) in [6.07, 6.45) is 2.29. The Morgan fingerprint density at radius 3 is 1.32 bits per heavy atom. The van der Waals surface area contributed by atoms with Crippen LogP contribution in [0.3, 0.4) is 0 Å². The minimum atomic E-state index is -0.699. The molecule has 1 saturated heterocycles. The van der Waals surface area contributed by atoms with Gasteiger partial charge in [-0.3, -0.25) is 9.98 Å². The molecular weight excluding hydrogens is 500 g/mol. The van der Waals surface area contributed by atoms with E-state index in [2.05, 4.69) is 61.9 Å². The molecule has 204 valence electrons. The van der Waals surface area contributed by atoms with Crippen LogP contribution in [0, 0.1) is 27.7 Å². The average Bonchev–Trinajstić information content (AvgIpc) is 2.97. The van der Waals surface area contributed by atoms with Crippen molar-refractivity contribution in [3.05, 3.63) is 118 Å². The van der Waals surface area contributed by atoms with Crippen molar-refractivity contribution >= 4 is 23.8 Å². The Morgan fingerprint density at radius 2 is 0.950 bits per heavy atom. The normalized spacial score (nSPS) is 17.4. The number of hydrogen-bond acceptors (Lipinski definition) is 6. The second kappa shape index (κ2) is 12.7. The fourth-order valence-corrected chi connectivity index (χ4v) is 4.11. The monoisotopic (exact) mass is 534 g/mol. The zero-order valence-electron chi connectivity index (χ0n) is 23.3. The summed E-state index contributed by atoms with van der Waals surface area (Å²) in [5.74, 6) is 1.32. The smallest absolute Gasteiger partial charge is 0.263 e. The minimum Gasteiger partial charge on any atom is -0.458 e. The summed E-state index contributed by atoms with van der Waals surface area (Å²) in [5, 5.41) is 0. The van der Waals surface area contributed by atoms with Gasteiger partial charge in [-0.05, 0) is 134 Å². The molecule has 1 aliphatic rings. The fourth-order valence-electron chi connectivity index (χ4n) is 4.11. The molecule has 0 amide bonds. The zero-order valence-corrected chi connectivity index (χ0v) is 23.3. The van der Waals surface area contributed by atoms with Crippen LogP contribution in [0.15, 0.2) is 94.9 Å². The van der Waals surface area contributed by atoms with Crippen LogP contribution in [0.5, 0.6) is 11.5 Å². The molecule has 2 atom stereocenters. The van der Waals surface area contributed by atoms with Crippen LogP contribution in [-0.2, 0) is 9.47 Å². The predicted octanol–water partition coefficient (Wildman–Crippen LogP) is 7.58. The molecule has 0 saturated carbocycles. The second-order valence-electron chi connectivity index (χ2n) is 9.91. The highest BCUT2D eigenvalue weighted by Gasteiger charge is 2.31. The average molecular weight is 535 g/mol. The Labute approximate surface area is 235 Å². The molecule has 0 aliphatic carbocycles. The van der Waals surface area contributed by atoms with Gasteiger partial charge in [0.15, 0.2) is 0 Å². The lowest BCUT2D eigenvalue weighted by Gasteiger charge is -2.31. The Bertz CT molecular complexity index is 1380. The lowest BCUT2D eigenvalue weighted by atomic mass is 10.1. The standard InChI is InChI=1S/C34H34N2O4/c1-23-5-11-29(19-25(23)3)35-21-27-7-13-31(14-8-27)39-33-34(38-18-17-37-33)40-32-15-9-28(10-16-32)22-36-30-12-6-24(2)26(4)20-30/h5-16,19-22,33-34H,17-18H2,1-4H3. The van der Waals surface area contributed by atoms with Crippen molar-refractivity contribution in [3.63, 3.8) is 0 Å². The number of nitrogens with zero attached hydrogens (tertiary/aromatic N) is 2. The van der Waals surface area contributed by atoms with Gasteiger partial charge in [-0.1, -0.05) is 12.1 Å². The number of benzene rings is 4. The van der Waals surface area contributed by atoms with Gasteiger partial charge in [-0.15, -0.1) is 0 Å². The SMILES string of the molecule is Cc1ccc(N=Cc2ccc(OC3OCCOC3Oc3ccc(C=Nc4ccc(C)c(C)c4)cc3)cc2)cc1C. The maximum absolute atomic E-state index is 6.08. The third-order valence-corrected chi connectivity index (χ3v) is 6.84. The van der Waals surface area contributed by atoms with E-state index in [1.807, 2.05) is 73.1 Å². The Kier molecular flexibility index (Phi) is 8.69. The van der Waals surface area contributed by atoms with Crippen LogP contribution < -0.4 is 9.47 Å². The van der Waals surface area contributed by atoms with Crippen LogP contribution in [0.25, 0.3) is 0 Å². The van der Waals surface area contributed by atoms with Crippen molar-refractivity contribution in [1.29, 1.82) is 0 Å². The second-order valence-corrected chi connectivity index (χ2v) is 9.91. The number of aliphatic imine (C=N–C) groups is 2. The Morgan fingerprint density at radius 1 is 0.550 bits per heavy atom. The molecule has 0 aromatic heterocycles. The van der Waals surface area contributed by atoms with Gasteiger partial charge in [0.05, 0.1) is 24.6 Å². The van der Waals surface area contributed by atoms with Crippen LogP contribution in [0.2, 0.25) is 0 Å². The summed E-state index contributed by atoms with van der Waals surface area (Å²) in [6, 6.07) is 27.7. The van der Waals surface area contributed by atoms with Crippen molar-refractivity contribution in [2.45, 2.75) is 40.3 Å². The topological polar surface area (TPSA) is 61.6 Å². The Balaban J connectivity index is 1.18. The first-order valence-electron chi connectivity index (χ1n) is 13.4. The maximum atomic E-state index is 6.08. The first-order chi connectivity index (χ1) is 19.4. The van der Waals surface area contributed by atoms with Gasteiger partial charge in [0.25, 0.3) is 12.6 Å². The minimum absolute atomic E-state index is 0.430. The molecule has 4 aromatic rings. The van der Waals surface area contributed by atoms with E-state index in [1.165, 1.54) is 22.3 Å². The summed E-state index contributed by atoms with van der Waals surface area (Å²) in [4.78, 5) is 9.17. The Hall–Kier alpha value is -4.26. The van der Waals surface area contributed by atoms with Crippen molar-refractivity contribution < 1.29 is 18.9 Å². The van der Waals surface area contributed by atoms with Gasteiger partial charge >= 0.3 is 0 Å². The molecule has 0 radical (unpaired) electrons. The largest absolute Gasteiger partial charge is 0.458 e. The molecule has 4 aromatic carbocycles. The summed E-state index contributed by atoms with van der Waals surface area (Å²) < 4.78 is 23.8. The van der Waals surface area contributed by atoms with Crippen molar-refractivity contribution in [1.82, 2.24) is 0 Å². The van der Waals surface area contributed by atoms with Crippen LogP contribution in [0.1, 0.15) is 33.4 Å². The van der Waals surface area contributed by atoms with Gasteiger partial charge in [0, 0.05) is 12.4 Å². The van der Waals surface area contributed by atoms with Gasteiger partial charge < -0.3 is 18.9 Å². The molecule has 0 N–H and O–H groups in total. The van der Waals surface area contributed by atoms with Crippen molar-refractivity contribution in [2.75, 3.05) is 13.2 Å². The number of rotatable bonds is 8. The van der Waals surface area contributed by atoms with E-state index in [0.29, 0.717) is 24.7 Å². The highest BCUT2D eigenvalue weighted by molar-refractivity contribution is 5.82. The zero-order chi connectivity index (χ0) is 27.9. The van der Waals surface area contributed by atoms with Crippen molar-refractivity contribution in [3.8, 4) is 11.5 Å². The van der Waals surface area contributed by atoms with E-state index >= 15 is 0 Å². The number of aryl methyl sites for hydroxylation is 4. The van der Waals surface area contributed by atoms with Gasteiger partial charge in [-0.25, -0.2) is 0 Å². The van der Waals surface area contributed by atoms with Crippen LogP contribution in [0.4, 0.5) is 11.4 Å². The van der Waals surface area contributed by atoms with E-state index in [0.717, 1.165) is 22.5 Å². The third-order valence-electron chi connectivity index (χ3n) is 6.84. The number of ether oxygens (including phenoxy) is 4. The van der Waals surface area contributed by atoms with Gasteiger partial charge in [0.2, 0.25) is 0 Å². The molecule has 40 heavy (non-hydrogen) atoms. The molecule has 1 heterocycles. The van der Waals surface area contributed by atoms with E-state index in [4.69, 9.17) is 18.9 Å². The van der Waals surface area contributed by atoms with E-state index in [-0.39, 0.29) is 0 Å². The summed E-state index contributed by atoms with van der Waals surface area (Å²) in [5.41, 5.74) is 8.76. The molecule has 1 aliphatic heterocycles. The molecule has 1 fully saturated rings. The maximum Gasteiger partial charge on any atom is 0.263 e. The first kappa shape index (κ1) is 27.3. The molecular formula is C34H34N2O4.